The van der Waals surface area contributed by atoms with E-state index >= 15 is 0 Å². The van der Waals surface area contributed by atoms with Crippen molar-refractivity contribution in [1.82, 2.24) is 14.8 Å². The maximum atomic E-state index is 12.5. The molecule has 122 valence electrons. The lowest BCUT2D eigenvalue weighted by molar-refractivity contribution is 0.0322. The monoisotopic (exact) mass is 323 g/mol. The van der Waals surface area contributed by atoms with Gasteiger partial charge in [0.05, 0.1) is 11.6 Å². The predicted molar refractivity (Wildman–Crippen MR) is 87.3 cm³/mol. The van der Waals surface area contributed by atoms with Crippen LogP contribution < -0.4 is 0 Å². The molecule has 1 spiro atoms. The molecular formula is C16H25N3O2S. The Bertz CT molecular complexity index is 537. The number of rotatable bonds is 3. The number of likely N-dealkylation sites (tertiary alicyclic amines) is 2. The molecule has 1 aromatic rings. The van der Waals surface area contributed by atoms with Crippen molar-refractivity contribution in [2.45, 2.75) is 19.8 Å². The Morgan fingerprint density at radius 1 is 1.50 bits per heavy atom. The molecule has 0 radical (unpaired) electrons. The number of amides is 1. The van der Waals surface area contributed by atoms with Gasteiger partial charge in [-0.1, -0.05) is 0 Å². The highest BCUT2D eigenvalue weighted by atomic mass is 32.1. The Morgan fingerprint density at radius 2 is 2.23 bits per heavy atom. The largest absolute Gasteiger partial charge is 0.384 e. The molecule has 0 aliphatic carbocycles. The van der Waals surface area contributed by atoms with Crippen LogP contribution in [-0.2, 0) is 4.74 Å². The number of aryl methyl sites for hydroxylation is 1. The molecule has 2 fully saturated rings. The molecule has 2 aliphatic rings. The van der Waals surface area contributed by atoms with Crippen LogP contribution in [0.3, 0.4) is 0 Å². The molecule has 2 saturated heterocycles. The molecule has 5 nitrogen and oxygen atoms in total. The molecule has 0 bridgehead atoms. The van der Waals surface area contributed by atoms with Crippen molar-refractivity contribution >= 4 is 17.2 Å². The van der Waals surface area contributed by atoms with Crippen LogP contribution in [0.5, 0.6) is 0 Å². The molecule has 3 heterocycles. The van der Waals surface area contributed by atoms with Gasteiger partial charge in [0.2, 0.25) is 0 Å². The average molecular weight is 323 g/mol. The quantitative estimate of drug-likeness (QED) is 0.852. The first-order valence-corrected chi connectivity index (χ1v) is 8.81. The van der Waals surface area contributed by atoms with Crippen molar-refractivity contribution in [3.05, 3.63) is 16.1 Å². The van der Waals surface area contributed by atoms with Gasteiger partial charge in [0, 0.05) is 44.6 Å². The number of methoxy groups -OCH3 is 1. The van der Waals surface area contributed by atoms with E-state index in [0.717, 1.165) is 50.6 Å². The molecule has 0 N–H and O–H groups in total. The van der Waals surface area contributed by atoms with Crippen molar-refractivity contribution in [3.8, 4) is 0 Å². The number of carbonyl (C=O) groups is 1. The van der Waals surface area contributed by atoms with Crippen LogP contribution in [0.15, 0.2) is 5.38 Å². The number of aromatic nitrogens is 1. The van der Waals surface area contributed by atoms with Crippen molar-refractivity contribution in [2.75, 3.05) is 46.9 Å². The van der Waals surface area contributed by atoms with E-state index in [-0.39, 0.29) is 5.91 Å². The van der Waals surface area contributed by atoms with Gasteiger partial charge in [-0.3, -0.25) is 4.79 Å². The summed E-state index contributed by atoms with van der Waals surface area (Å²) in [4.78, 5) is 21.2. The number of hydrogen-bond donors (Lipinski definition) is 0. The highest BCUT2D eigenvalue weighted by Gasteiger charge is 2.47. The van der Waals surface area contributed by atoms with Gasteiger partial charge in [-0.25, -0.2) is 4.98 Å². The zero-order chi connectivity index (χ0) is 15.7. The third kappa shape index (κ3) is 2.92. The van der Waals surface area contributed by atoms with Crippen molar-refractivity contribution < 1.29 is 9.53 Å². The molecule has 6 heteroatoms. The van der Waals surface area contributed by atoms with E-state index in [1.165, 1.54) is 0 Å². The molecule has 22 heavy (non-hydrogen) atoms. The van der Waals surface area contributed by atoms with E-state index in [2.05, 4.69) is 16.9 Å². The zero-order valence-electron chi connectivity index (χ0n) is 13.7. The molecule has 0 aromatic carbocycles. The summed E-state index contributed by atoms with van der Waals surface area (Å²) in [6.45, 7) is 6.67. The standard InChI is InChI=1S/C16H25N3O2S/c1-12-17-14(10-22-12)15(20)19-6-4-16(5-7-19)11-18(2)8-13(16)9-21-3/h10,13H,4-9,11H2,1-3H3/t13-/m1/s1. The zero-order valence-corrected chi connectivity index (χ0v) is 14.5. The fourth-order valence-electron chi connectivity index (χ4n) is 4.08. The van der Waals surface area contributed by atoms with Crippen molar-refractivity contribution in [2.24, 2.45) is 11.3 Å². The smallest absolute Gasteiger partial charge is 0.273 e. The Hall–Kier alpha value is -0.980. The second kappa shape index (κ2) is 6.26. The lowest BCUT2D eigenvalue weighted by Crippen LogP contribution is -2.47. The SMILES string of the molecule is COC[C@H]1CN(C)CC12CCN(C(=O)c1csc(C)n1)CC2. The minimum atomic E-state index is 0.0915. The topological polar surface area (TPSA) is 45.7 Å². The van der Waals surface area contributed by atoms with E-state index < -0.39 is 0 Å². The average Bonchev–Trinajstić information content (AvgIpc) is 3.04. The first kappa shape index (κ1) is 15.9. The van der Waals surface area contributed by atoms with E-state index in [4.69, 9.17) is 4.74 Å². The molecule has 1 atom stereocenters. The maximum Gasteiger partial charge on any atom is 0.273 e. The summed E-state index contributed by atoms with van der Waals surface area (Å²) < 4.78 is 5.43. The third-order valence-corrected chi connectivity index (χ3v) is 6.01. The van der Waals surface area contributed by atoms with Gasteiger partial charge in [0.15, 0.2) is 0 Å². The molecule has 0 unspecified atom stereocenters. The Labute approximate surface area is 136 Å². The predicted octanol–water partition coefficient (Wildman–Crippen LogP) is 1.88. The molecular weight excluding hydrogens is 298 g/mol. The summed E-state index contributed by atoms with van der Waals surface area (Å²) in [5.41, 5.74) is 0.926. The lowest BCUT2D eigenvalue weighted by atomic mass is 9.71. The highest BCUT2D eigenvalue weighted by molar-refractivity contribution is 7.09. The number of carbonyl (C=O) groups excluding carboxylic acids is 1. The number of piperidine rings is 1. The van der Waals surface area contributed by atoms with E-state index in [9.17, 15) is 4.79 Å². The van der Waals surface area contributed by atoms with Crippen LogP contribution in [0.1, 0.15) is 28.3 Å². The Kier molecular flexibility index (Phi) is 4.52. The van der Waals surface area contributed by atoms with E-state index in [1.807, 2.05) is 17.2 Å². The number of nitrogens with zero attached hydrogens (tertiary/aromatic N) is 3. The van der Waals surface area contributed by atoms with Crippen LogP contribution in [0, 0.1) is 18.3 Å². The first-order chi connectivity index (χ1) is 10.5. The third-order valence-electron chi connectivity index (χ3n) is 5.24. The number of thiazole rings is 1. The highest BCUT2D eigenvalue weighted by Crippen LogP contribution is 2.44. The molecule has 3 rings (SSSR count). The minimum absolute atomic E-state index is 0.0915. The van der Waals surface area contributed by atoms with Gasteiger partial charge in [0.1, 0.15) is 5.69 Å². The summed E-state index contributed by atoms with van der Waals surface area (Å²) in [7, 11) is 3.97. The Morgan fingerprint density at radius 3 is 2.82 bits per heavy atom. The molecule has 1 amide bonds. The van der Waals surface area contributed by atoms with Crippen LogP contribution in [-0.4, -0.2) is 67.6 Å². The van der Waals surface area contributed by atoms with Gasteiger partial charge < -0.3 is 14.5 Å². The van der Waals surface area contributed by atoms with Gasteiger partial charge in [0.25, 0.3) is 5.91 Å². The second-order valence-corrected chi connectivity index (χ2v) is 7.82. The fourth-order valence-corrected chi connectivity index (χ4v) is 4.66. The summed E-state index contributed by atoms with van der Waals surface area (Å²) in [6.07, 6.45) is 2.14. The minimum Gasteiger partial charge on any atom is -0.384 e. The molecule has 0 saturated carbocycles. The van der Waals surface area contributed by atoms with E-state index in [0.29, 0.717) is 17.0 Å². The molecule has 1 aromatic heterocycles. The summed E-state index contributed by atoms with van der Waals surface area (Å²) >= 11 is 1.54. The van der Waals surface area contributed by atoms with Gasteiger partial charge in [-0.2, -0.15) is 0 Å². The first-order valence-electron chi connectivity index (χ1n) is 7.93. The van der Waals surface area contributed by atoms with Gasteiger partial charge in [-0.15, -0.1) is 11.3 Å². The summed E-state index contributed by atoms with van der Waals surface area (Å²) in [6, 6.07) is 0. The van der Waals surface area contributed by atoms with Crippen LogP contribution in [0.4, 0.5) is 0 Å². The van der Waals surface area contributed by atoms with Crippen LogP contribution >= 0.6 is 11.3 Å². The summed E-state index contributed by atoms with van der Waals surface area (Å²) in [5, 5.41) is 2.83. The Balaban J connectivity index is 1.65. The number of hydrogen-bond acceptors (Lipinski definition) is 5. The molecule has 2 aliphatic heterocycles. The van der Waals surface area contributed by atoms with Crippen molar-refractivity contribution in [3.63, 3.8) is 0 Å². The van der Waals surface area contributed by atoms with Gasteiger partial charge in [-0.05, 0) is 32.2 Å². The maximum absolute atomic E-state index is 12.5. The lowest BCUT2D eigenvalue weighted by Gasteiger charge is -2.42. The van der Waals surface area contributed by atoms with Crippen LogP contribution in [0.2, 0.25) is 0 Å². The normalized spacial score (nSPS) is 25.0. The fraction of sp³-hybridized carbons (Fsp3) is 0.750. The van der Waals surface area contributed by atoms with Crippen molar-refractivity contribution in [1.29, 1.82) is 0 Å². The van der Waals surface area contributed by atoms with Gasteiger partial charge >= 0.3 is 0 Å². The second-order valence-electron chi connectivity index (χ2n) is 6.76. The summed E-state index contributed by atoms with van der Waals surface area (Å²) in [5.74, 6) is 0.676. The van der Waals surface area contributed by atoms with E-state index in [1.54, 1.807) is 18.4 Å². The van der Waals surface area contributed by atoms with Crippen LogP contribution in [0.25, 0.3) is 0 Å². The number of ether oxygens (including phenoxy) is 1.